The molecule has 0 unspecified atom stereocenters. The molecule has 27 heavy (non-hydrogen) atoms. The molecular weight excluding hydrogens is 350 g/mol. The van der Waals surface area contributed by atoms with Crippen molar-refractivity contribution in [3.05, 3.63) is 29.3 Å². The van der Waals surface area contributed by atoms with Crippen molar-refractivity contribution in [2.24, 2.45) is 0 Å². The van der Waals surface area contributed by atoms with Gasteiger partial charge in [-0.25, -0.2) is 9.59 Å². The third-order valence-electron chi connectivity index (χ3n) is 3.77. The van der Waals surface area contributed by atoms with E-state index < -0.39 is 11.9 Å². The molecule has 1 aromatic carbocycles. The van der Waals surface area contributed by atoms with Crippen LogP contribution in [0.3, 0.4) is 0 Å². The summed E-state index contributed by atoms with van der Waals surface area (Å²) in [4.78, 5) is 18.2. The molecule has 0 amide bonds. The molecule has 0 aliphatic rings. The number of rotatable bonds is 11. The summed E-state index contributed by atoms with van der Waals surface area (Å²) in [6, 6.07) is 6.53. The molecule has 0 saturated carbocycles. The molecule has 0 heterocycles. The number of nitrogens with one attached hydrogen (secondary N) is 1. The Kier molecular flexibility index (Phi) is 13.8. The Morgan fingerprint density at radius 1 is 1.04 bits per heavy atom. The lowest BCUT2D eigenvalue weighted by Crippen LogP contribution is -2.18. The standard InChI is InChI=1S/C18H31NO2.C2H2O4/c1-15(2)17-9-8-16(3)18(14-17)21-13-6-5-10-19-11-7-12-20-4;3-1(4)2(5)6/h8-9,14-15,19H,5-7,10-13H2,1-4H3;(H,3,4)(H,5,6). The third-order valence-corrected chi connectivity index (χ3v) is 3.77. The molecule has 0 aromatic heterocycles. The van der Waals surface area contributed by atoms with Crippen molar-refractivity contribution < 1.29 is 29.3 Å². The number of benzene rings is 1. The van der Waals surface area contributed by atoms with E-state index >= 15 is 0 Å². The van der Waals surface area contributed by atoms with E-state index in [4.69, 9.17) is 29.3 Å². The molecular formula is C20H33NO6. The molecule has 0 saturated heterocycles. The smallest absolute Gasteiger partial charge is 0.414 e. The molecule has 1 rings (SSSR count). The quantitative estimate of drug-likeness (QED) is 0.398. The summed E-state index contributed by atoms with van der Waals surface area (Å²) in [7, 11) is 1.74. The maximum absolute atomic E-state index is 9.10. The third kappa shape index (κ3) is 12.8. The molecule has 0 aliphatic carbocycles. The van der Waals surface area contributed by atoms with Gasteiger partial charge in [-0.2, -0.15) is 0 Å². The predicted molar refractivity (Wildman–Crippen MR) is 105 cm³/mol. The summed E-state index contributed by atoms with van der Waals surface area (Å²) in [5.74, 6) is -2.07. The Labute approximate surface area is 161 Å². The average molecular weight is 383 g/mol. The SMILES string of the molecule is COCCCNCCCCOc1cc(C(C)C)ccc1C.O=C(O)C(=O)O. The first-order valence-corrected chi connectivity index (χ1v) is 9.18. The van der Waals surface area contributed by atoms with Crippen LogP contribution in [-0.4, -0.2) is 55.6 Å². The zero-order valence-corrected chi connectivity index (χ0v) is 16.8. The van der Waals surface area contributed by atoms with Crippen LogP contribution in [0, 0.1) is 6.92 Å². The van der Waals surface area contributed by atoms with Gasteiger partial charge in [0.05, 0.1) is 6.61 Å². The van der Waals surface area contributed by atoms with Crippen molar-refractivity contribution >= 4 is 11.9 Å². The van der Waals surface area contributed by atoms with Crippen LogP contribution >= 0.6 is 0 Å². The summed E-state index contributed by atoms with van der Waals surface area (Å²) >= 11 is 0. The van der Waals surface area contributed by atoms with E-state index in [0.29, 0.717) is 5.92 Å². The van der Waals surface area contributed by atoms with E-state index in [1.54, 1.807) is 7.11 Å². The number of carboxylic acid groups (broad SMARTS) is 2. The van der Waals surface area contributed by atoms with Crippen molar-refractivity contribution in [3.8, 4) is 5.75 Å². The van der Waals surface area contributed by atoms with Gasteiger partial charge in [-0.15, -0.1) is 0 Å². The van der Waals surface area contributed by atoms with Crippen molar-refractivity contribution in [2.75, 3.05) is 33.4 Å². The number of methoxy groups -OCH3 is 1. The number of hydrogen-bond donors (Lipinski definition) is 3. The number of unbranched alkanes of at least 4 members (excludes halogenated alkanes) is 1. The van der Waals surface area contributed by atoms with Gasteiger partial charge in [0.15, 0.2) is 0 Å². The van der Waals surface area contributed by atoms with Gasteiger partial charge in [0.1, 0.15) is 5.75 Å². The minimum absolute atomic E-state index is 0.546. The zero-order chi connectivity index (χ0) is 20.7. The highest BCUT2D eigenvalue weighted by molar-refractivity contribution is 6.27. The highest BCUT2D eigenvalue weighted by Crippen LogP contribution is 2.24. The summed E-state index contributed by atoms with van der Waals surface area (Å²) in [5.41, 5.74) is 2.56. The monoisotopic (exact) mass is 383 g/mol. The van der Waals surface area contributed by atoms with E-state index in [0.717, 1.165) is 51.3 Å². The molecule has 0 atom stereocenters. The number of ether oxygens (including phenoxy) is 2. The van der Waals surface area contributed by atoms with Gasteiger partial charge in [-0.1, -0.05) is 26.0 Å². The second-order valence-corrected chi connectivity index (χ2v) is 6.44. The van der Waals surface area contributed by atoms with Crippen LogP contribution in [0.2, 0.25) is 0 Å². The Morgan fingerprint density at radius 2 is 1.67 bits per heavy atom. The molecule has 7 heteroatoms. The van der Waals surface area contributed by atoms with Gasteiger partial charge in [0, 0.05) is 13.7 Å². The van der Waals surface area contributed by atoms with Crippen molar-refractivity contribution in [1.29, 1.82) is 0 Å². The molecule has 154 valence electrons. The largest absolute Gasteiger partial charge is 0.493 e. The van der Waals surface area contributed by atoms with Crippen LogP contribution in [0.4, 0.5) is 0 Å². The number of aliphatic carboxylic acids is 2. The average Bonchev–Trinajstić information content (AvgIpc) is 2.62. The maximum atomic E-state index is 9.10. The highest BCUT2D eigenvalue weighted by atomic mass is 16.5. The lowest BCUT2D eigenvalue weighted by Gasteiger charge is -2.13. The molecule has 1 aromatic rings. The molecule has 0 spiro atoms. The van der Waals surface area contributed by atoms with Gasteiger partial charge < -0.3 is 25.0 Å². The molecule has 7 nitrogen and oxygen atoms in total. The summed E-state index contributed by atoms with van der Waals surface area (Å²) < 4.78 is 10.9. The van der Waals surface area contributed by atoms with Gasteiger partial charge in [-0.3, -0.25) is 0 Å². The van der Waals surface area contributed by atoms with E-state index in [-0.39, 0.29) is 0 Å². The summed E-state index contributed by atoms with van der Waals surface area (Å²) in [5, 5.41) is 18.2. The van der Waals surface area contributed by atoms with Crippen LogP contribution in [0.5, 0.6) is 5.75 Å². The number of carbonyl (C=O) groups is 2. The Morgan fingerprint density at radius 3 is 2.22 bits per heavy atom. The first kappa shape index (κ1) is 24.9. The van der Waals surface area contributed by atoms with Crippen LogP contribution in [0.25, 0.3) is 0 Å². The lowest BCUT2D eigenvalue weighted by molar-refractivity contribution is -0.159. The van der Waals surface area contributed by atoms with Crippen molar-refractivity contribution in [1.82, 2.24) is 5.32 Å². The van der Waals surface area contributed by atoms with Crippen LogP contribution < -0.4 is 10.1 Å². The maximum Gasteiger partial charge on any atom is 0.414 e. The first-order chi connectivity index (χ1) is 12.8. The van der Waals surface area contributed by atoms with Gasteiger partial charge in [0.2, 0.25) is 0 Å². The molecule has 3 N–H and O–H groups in total. The zero-order valence-electron chi connectivity index (χ0n) is 16.8. The Hall–Kier alpha value is -2.12. The Bertz CT molecular complexity index is 547. The number of carboxylic acids is 2. The fourth-order valence-corrected chi connectivity index (χ4v) is 2.13. The predicted octanol–water partition coefficient (Wildman–Crippen LogP) is 3.06. The van der Waals surface area contributed by atoms with Crippen molar-refractivity contribution in [2.45, 2.75) is 46.0 Å². The highest BCUT2D eigenvalue weighted by Gasteiger charge is 2.05. The molecule has 0 fully saturated rings. The van der Waals surface area contributed by atoms with E-state index in [9.17, 15) is 0 Å². The molecule has 0 bridgehead atoms. The van der Waals surface area contributed by atoms with E-state index in [2.05, 4.69) is 44.3 Å². The van der Waals surface area contributed by atoms with E-state index in [1.807, 2.05) is 0 Å². The number of aryl methyl sites for hydroxylation is 1. The summed E-state index contributed by atoms with van der Waals surface area (Å²) in [6.45, 7) is 10.2. The minimum Gasteiger partial charge on any atom is -0.493 e. The van der Waals surface area contributed by atoms with Crippen LogP contribution in [0.1, 0.15) is 50.2 Å². The fraction of sp³-hybridized carbons (Fsp3) is 0.600. The van der Waals surface area contributed by atoms with Gasteiger partial charge >= 0.3 is 11.9 Å². The molecule has 0 aliphatic heterocycles. The second-order valence-electron chi connectivity index (χ2n) is 6.44. The second kappa shape index (κ2) is 15.0. The Balaban J connectivity index is 0.000000972. The first-order valence-electron chi connectivity index (χ1n) is 9.18. The fourth-order valence-electron chi connectivity index (χ4n) is 2.13. The van der Waals surface area contributed by atoms with Crippen LogP contribution in [0.15, 0.2) is 18.2 Å². The topological polar surface area (TPSA) is 105 Å². The van der Waals surface area contributed by atoms with Gasteiger partial charge in [0.25, 0.3) is 0 Å². The summed E-state index contributed by atoms with van der Waals surface area (Å²) in [6.07, 6.45) is 3.31. The minimum atomic E-state index is -1.82. The molecule has 0 radical (unpaired) electrons. The lowest BCUT2D eigenvalue weighted by atomic mass is 10.0. The van der Waals surface area contributed by atoms with Crippen LogP contribution in [-0.2, 0) is 14.3 Å². The van der Waals surface area contributed by atoms with Gasteiger partial charge in [-0.05, 0) is 62.4 Å². The number of hydrogen-bond acceptors (Lipinski definition) is 5. The van der Waals surface area contributed by atoms with E-state index in [1.165, 1.54) is 11.1 Å². The normalized spacial score (nSPS) is 10.3. The van der Waals surface area contributed by atoms with Crippen molar-refractivity contribution in [3.63, 3.8) is 0 Å².